The molecule has 1 aromatic heterocycles. The summed E-state index contributed by atoms with van der Waals surface area (Å²) in [5, 5.41) is 0. The molecule has 3 heteroatoms. The Bertz CT molecular complexity index is 468. The predicted octanol–water partition coefficient (Wildman–Crippen LogP) is 3.45. The van der Waals surface area contributed by atoms with Crippen molar-refractivity contribution in [1.29, 1.82) is 0 Å². The fourth-order valence-electron chi connectivity index (χ4n) is 1.57. The zero-order chi connectivity index (χ0) is 14.3. The Morgan fingerprint density at radius 2 is 2.11 bits per heavy atom. The maximum Gasteiger partial charge on any atom is 0.0567 e. The van der Waals surface area contributed by atoms with E-state index in [2.05, 4.69) is 28.5 Å². The number of aromatic nitrogens is 1. The molecule has 0 unspecified atom stereocenters. The van der Waals surface area contributed by atoms with Crippen LogP contribution in [-0.4, -0.2) is 29.2 Å². The first-order valence-corrected chi connectivity index (χ1v) is 6.43. The summed E-state index contributed by atoms with van der Waals surface area (Å²) in [6.45, 7) is 11.6. The largest absolute Gasteiger partial charge is 0.295 e. The average molecular weight is 257 g/mol. The third-order valence-corrected chi connectivity index (χ3v) is 2.55. The fourth-order valence-corrected chi connectivity index (χ4v) is 1.57. The van der Waals surface area contributed by atoms with Crippen molar-refractivity contribution in [1.82, 2.24) is 9.88 Å². The lowest BCUT2D eigenvalue weighted by molar-refractivity contribution is 0.369. The van der Waals surface area contributed by atoms with Crippen LogP contribution in [0.2, 0.25) is 0 Å². The summed E-state index contributed by atoms with van der Waals surface area (Å²) in [6.07, 6.45) is 3.71. The summed E-state index contributed by atoms with van der Waals surface area (Å²) in [5.74, 6) is 0. The molecule has 0 N–H and O–H groups in total. The van der Waals surface area contributed by atoms with E-state index in [4.69, 9.17) is 0 Å². The third-order valence-electron chi connectivity index (χ3n) is 2.55. The van der Waals surface area contributed by atoms with Gasteiger partial charge in [-0.15, -0.1) is 0 Å². The molecule has 1 aromatic rings. The molecule has 0 radical (unpaired) electrons. The first-order valence-electron chi connectivity index (χ1n) is 6.43. The lowest BCUT2D eigenvalue weighted by Crippen LogP contribution is -2.26. The van der Waals surface area contributed by atoms with Gasteiger partial charge in [0, 0.05) is 25.5 Å². The van der Waals surface area contributed by atoms with Gasteiger partial charge in [0.25, 0.3) is 0 Å². The van der Waals surface area contributed by atoms with E-state index in [1.54, 1.807) is 0 Å². The van der Waals surface area contributed by atoms with Crippen LogP contribution in [0.1, 0.15) is 26.5 Å². The molecule has 0 saturated carbocycles. The smallest absolute Gasteiger partial charge is 0.0567 e. The summed E-state index contributed by atoms with van der Waals surface area (Å²) in [5.41, 5.74) is 4.27. The first kappa shape index (κ1) is 15.3. The zero-order valence-electron chi connectivity index (χ0n) is 12.3. The van der Waals surface area contributed by atoms with Gasteiger partial charge in [-0.2, -0.15) is 0 Å². The van der Waals surface area contributed by atoms with Crippen LogP contribution in [0.3, 0.4) is 0 Å². The van der Waals surface area contributed by atoms with Gasteiger partial charge in [0.05, 0.1) is 11.4 Å². The van der Waals surface area contributed by atoms with Gasteiger partial charge < -0.3 is 0 Å². The number of hydrogen-bond acceptors (Lipinski definition) is 3. The standard InChI is InChI=1S/C16H23N3/c1-13(2)10-18-16(14(3)4)12-19(5)11-15-8-6-7-9-17-15/h6-10H,3,11-12H2,1-2,4-5H3/b18-16-. The van der Waals surface area contributed by atoms with Crippen molar-refractivity contribution in [3.05, 3.63) is 54.0 Å². The minimum Gasteiger partial charge on any atom is -0.295 e. The van der Waals surface area contributed by atoms with Crippen molar-refractivity contribution in [3.8, 4) is 0 Å². The fraction of sp³-hybridized carbons (Fsp3) is 0.375. The number of hydrogen-bond donors (Lipinski definition) is 0. The van der Waals surface area contributed by atoms with E-state index in [9.17, 15) is 0 Å². The number of aliphatic imine (C=N–C) groups is 1. The molecule has 0 saturated heterocycles. The molecule has 0 aliphatic rings. The number of pyridine rings is 1. The van der Waals surface area contributed by atoms with Crippen LogP contribution in [0.4, 0.5) is 0 Å². The molecule has 3 nitrogen and oxygen atoms in total. The Morgan fingerprint density at radius 3 is 2.63 bits per heavy atom. The topological polar surface area (TPSA) is 28.5 Å². The second kappa shape index (κ2) is 7.64. The van der Waals surface area contributed by atoms with Gasteiger partial charge in [-0.3, -0.25) is 14.9 Å². The van der Waals surface area contributed by atoms with E-state index in [-0.39, 0.29) is 0 Å². The molecule has 102 valence electrons. The van der Waals surface area contributed by atoms with Crippen LogP contribution in [0.25, 0.3) is 0 Å². The molecule has 0 amide bonds. The normalized spacial score (nSPS) is 11.5. The Hall–Kier alpha value is -1.74. The van der Waals surface area contributed by atoms with Gasteiger partial charge in [-0.05, 0) is 45.5 Å². The van der Waals surface area contributed by atoms with Crippen molar-refractivity contribution < 1.29 is 0 Å². The van der Waals surface area contributed by atoms with E-state index in [0.29, 0.717) is 0 Å². The molecule has 0 bridgehead atoms. The van der Waals surface area contributed by atoms with E-state index in [1.807, 2.05) is 51.4 Å². The third kappa shape index (κ3) is 6.11. The molecule has 19 heavy (non-hydrogen) atoms. The highest BCUT2D eigenvalue weighted by Gasteiger charge is 2.06. The Morgan fingerprint density at radius 1 is 1.37 bits per heavy atom. The van der Waals surface area contributed by atoms with E-state index < -0.39 is 0 Å². The van der Waals surface area contributed by atoms with Gasteiger partial charge >= 0.3 is 0 Å². The van der Waals surface area contributed by atoms with Crippen molar-refractivity contribution in [3.63, 3.8) is 0 Å². The van der Waals surface area contributed by atoms with Crippen LogP contribution in [0.15, 0.2) is 53.3 Å². The Balaban J connectivity index is 2.67. The van der Waals surface area contributed by atoms with Crippen molar-refractivity contribution in [2.45, 2.75) is 27.3 Å². The van der Waals surface area contributed by atoms with Crippen LogP contribution in [0, 0.1) is 0 Å². The second-order valence-electron chi connectivity index (χ2n) is 5.06. The second-order valence-corrected chi connectivity index (χ2v) is 5.06. The predicted molar refractivity (Wildman–Crippen MR) is 82.3 cm³/mol. The van der Waals surface area contributed by atoms with Gasteiger partial charge in [0.1, 0.15) is 0 Å². The highest BCUT2D eigenvalue weighted by Crippen LogP contribution is 2.03. The van der Waals surface area contributed by atoms with Gasteiger partial charge in [-0.1, -0.05) is 18.2 Å². The lowest BCUT2D eigenvalue weighted by atomic mass is 10.2. The summed E-state index contributed by atoms with van der Waals surface area (Å²) < 4.78 is 0. The molecule has 1 rings (SSSR count). The number of nitrogens with zero attached hydrogens (tertiary/aromatic N) is 3. The summed E-state index contributed by atoms with van der Waals surface area (Å²) in [4.78, 5) is 11.0. The SMILES string of the molecule is C=C(C)/C(CN(C)Cc1ccccn1)=N\C=C(C)C. The van der Waals surface area contributed by atoms with Crippen LogP contribution < -0.4 is 0 Å². The molecule has 0 aromatic carbocycles. The van der Waals surface area contributed by atoms with Crippen molar-refractivity contribution in [2.75, 3.05) is 13.6 Å². The number of allylic oxidation sites excluding steroid dienone is 1. The minimum atomic E-state index is 0.773. The number of rotatable bonds is 6. The van der Waals surface area contributed by atoms with Crippen LogP contribution >= 0.6 is 0 Å². The maximum atomic E-state index is 4.50. The molecule has 0 atom stereocenters. The van der Waals surface area contributed by atoms with Gasteiger partial charge in [0.15, 0.2) is 0 Å². The van der Waals surface area contributed by atoms with Crippen LogP contribution in [-0.2, 0) is 6.54 Å². The summed E-state index contributed by atoms with van der Waals surface area (Å²) in [6, 6.07) is 5.97. The monoisotopic (exact) mass is 257 g/mol. The van der Waals surface area contributed by atoms with Gasteiger partial charge in [-0.25, -0.2) is 0 Å². The van der Waals surface area contributed by atoms with Crippen molar-refractivity contribution >= 4 is 5.71 Å². The first-order chi connectivity index (χ1) is 8.99. The van der Waals surface area contributed by atoms with Crippen LogP contribution in [0.5, 0.6) is 0 Å². The zero-order valence-corrected chi connectivity index (χ0v) is 12.3. The summed E-state index contributed by atoms with van der Waals surface area (Å²) in [7, 11) is 2.07. The Kier molecular flexibility index (Phi) is 6.16. The molecule has 0 fully saturated rings. The highest BCUT2D eigenvalue weighted by atomic mass is 15.1. The molecular weight excluding hydrogens is 234 g/mol. The van der Waals surface area contributed by atoms with E-state index in [1.165, 1.54) is 5.57 Å². The maximum absolute atomic E-state index is 4.50. The van der Waals surface area contributed by atoms with Gasteiger partial charge in [0.2, 0.25) is 0 Å². The van der Waals surface area contributed by atoms with E-state index >= 15 is 0 Å². The Labute approximate surface area is 116 Å². The van der Waals surface area contributed by atoms with E-state index in [0.717, 1.165) is 30.1 Å². The lowest BCUT2D eigenvalue weighted by Gasteiger charge is -2.17. The molecule has 0 aliphatic carbocycles. The quantitative estimate of drug-likeness (QED) is 0.730. The summed E-state index contributed by atoms with van der Waals surface area (Å²) >= 11 is 0. The highest BCUT2D eigenvalue weighted by molar-refractivity contribution is 6.01. The molecule has 0 aliphatic heterocycles. The van der Waals surface area contributed by atoms with Crippen molar-refractivity contribution in [2.24, 2.45) is 4.99 Å². The molecular formula is C16H23N3. The average Bonchev–Trinajstić information content (AvgIpc) is 2.35. The minimum absolute atomic E-state index is 0.773. The molecule has 0 spiro atoms. The molecule has 1 heterocycles.